The maximum Gasteiger partial charge on any atom is 0.292 e. The summed E-state index contributed by atoms with van der Waals surface area (Å²) in [5.41, 5.74) is 0.600. The summed E-state index contributed by atoms with van der Waals surface area (Å²) < 4.78 is 31.3. The van der Waals surface area contributed by atoms with E-state index in [1.807, 2.05) is 0 Å². The van der Waals surface area contributed by atoms with Crippen molar-refractivity contribution in [2.24, 2.45) is 0 Å². The van der Waals surface area contributed by atoms with Gasteiger partial charge in [-0.3, -0.25) is 0 Å². The van der Waals surface area contributed by atoms with Gasteiger partial charge in [0.2, 0.25) is 0 Å². The second-order valence-corrected chi connectivity index (χ2v) is 3.90. The lowest BCUT2D eigenvalue weighted by atomic mass is 10.0. The molecule has 0 bridgehead atoms. The lowest BCUT2D eigenvalue weighted by Gasteiger charge is -2.08. The first kappa shape index (κ1) is 12.3. The molecule has 0 fully saturated rings. The van der Waals surface area contributed by atoms with E-state index in [1.54, 1.807) is 18.2 Å². The molecule has 2 aromatic rings. The van der Waals surface area contributed by atoms with Crippen LogP contribution in [0.25, 0.3) is 11.1 Å². The highest BCUT2D eigenvalue weighted by Crippen LogP contribution is 2.34. The minimum atomic E-state index is -0.938. The zero-order chi connectivity index (χ0) is 13.1. The van der Waals surface area contributed by atoms with Crippen molar-refractivity contribution >= 4 is 11.6 Å². The van der Waals surface area contributed by atoms with E-state index in [0.29, 0.717) is 16.7 Å². The van der Waals surface area contributed by atoms with Crippen LogP contribution in [0, 0.1) is 23.2 Å². The molecule has 0 saturated heterocycles. The van der Waals surface area contributed by atoms with Crippen molar-refractivity contribution in [2.75, 3.05) is 0 Å². The second kappa shape index (κ2) is 5.03. The van der Waals surface area contributed by atoms with Crippen LogP contribution in [0.15, 0.2) is 36.4 Å². The van der Waals surface area contributed by atoms with Crippen LogP contribution < -0.4 is 4.74 Å². The van der Waals surface area contributed by atoms with Crippen LogP contribution >= 0.6 is 11.6 Å². The summed E-state index contributed by atoms with van der Waals surface area (Å²) in [5.74, 6) is -2.01. The summed E-state index contributed by atoms with van der Waals surface area (Å²) in [4.78, 5) is 0. The van der Waals surface area contributed by atoms with Crippen molar-refractivity contribution in [1.29, 1.82) is 5.26 Å². The lowest BCUT2D eigenvalue weighted by Crippen LogP contribution is -1.93. The monoisotopic (exact) mass is 265 g/mol. The van der Waals surface area contributed by atoms with Crippen LogP contribution in [0.1, 0.15) is 0 Å². The summed E-state index contributed by atoms with van der Waals surface area (Å²) in [5, 5.41) is 8.90. The number of halogens is 3. The highest BCUT2D eigenvalue weighted by molar-refractivity contribution is 6.30. The predicted molar refractivity (Wildman–Crippen MR) is 63.0 cm³/mol. The minimum absolute atomic E-state index is 0.136. The van der Waals surface area contributed by atoms with E-state index in [2.05, 4.69) is 4.74 Å². The highest BCUT2D eigenvalue weighted by atomic mass is 35.5. The molecule has 0 unspecified atom stereocenters. The van der Waals surface area contributed by atoms with Gasteiger partial charge in [-0.1, -0.05) is 23.7 Å². The van der Waals surface area contributed by atoms with Crippen LogP contribution in [0.4, 0.5) is 8.78 Å². The van der Waals surface area contributed by atoms with Gasteiger partial charge in [-0.2, -0.15) is 0 Å². The van der Waals surface area contributed by atoms with E-state index in [9.17, 15) is 8.78 Å². The summed E-state index contributed by atoms with van der Waals surface area (Å²) in [6.07, 6.45) is 1.37. The highest BCUT2D eigenvalue weighted by Gasteiger charge is 2.15. The quantitative estimate of drug-likeness (QED) is 0.765. The second-order valence-electron chi connectivity index (χ2n) is 3.47. The van der Waals surface area contributed by atoms with Gasteiger partial charge < -0.3 is 4.74 Å². The Bertz CT molecular complexity index is 637. The van der Waals surface area contributed by atoms with Crippen molar-refractivity contribution in [3.63, 3.8) is 0 Å². The smallest absolute Gasteiger partial charge is 0.292 e. The number of hydrogen-bond acceptors (Lipinski definition) is 2. The minimum Gasteiger partial charge on any atom is -0.384 e. The predicted octanol–water partition coefficient (Wildman–Crippen LogP) is 4.15. The Morgan fingerprint density at radius 3 is 2.61 bits per heavy atom. The standard InChI is InChI=1S/C13H6ClF2NO/c14-9-3-1-2-8(4-9)11-5-10(15)6-12(16)13(11)18-7-17/h1-6H. The van der Waals surface area contributed by atoms with Crippen LogP contribution in [0.3, 0.4) is 0 Å². The topological polar surface area (TPSA) is 33.0 Å². The van der Waals surface area contributed by atoms with Crippen LogP contribution in [0.2, 0.25) is 5.02 Å². The van der Waals surface area contributed by atoms with E-state index < -0.39 is 11.6 Å². The molecule has 0 spiro atoms. The number of ether oxygens (including phenoxy) is 1. The molecular weight excluding hydrogens is 260 g/mol. The third-order valence-electron chi connectivity index (χ3n) is 2.29. The maximum atomic E-state index is 13.5. The van der Waals surface area contributed by atoms with Crippen LogP contribution in [-0.2, 0) is 0 Å². The Labute approximate surface area is 107 Å². The Hall–Kier alpha value is -2.12. The molecule has 0 amide bonds. The summed E-state index contributed by atoms with van der Waals surface area (Å²) >= 11 is 5.81. The molecule has 90 valence electrons. The van der Waals surface area contributed by atoms with Gasteiger partial charge in [-0.25, -0.2) is 8.78 Å². The van der Waals surface area contributed by atoms with Crippen LogP contribution in [-0.4, -0.2) is 0 Å². The fraction of sp³-hybridized carbons (Fsp3) is 0. The van der Waals surface area contributed by atoms with Gasteiger partial charge in [0.05, 0.1) is 0 Å². The average Bonchev–Trinajstić information content (AvgIpc) is 2.32. The molecule has 18 heavy (non-hydrogen) atoms. The first-order valence-electron chi connectivity index (χ1n) is 4.92. The van der Waals surface area contributed by atoms with Crippen LogP contribution in [0.5, 0.6) is 5.75 Å². The van der Waals surface area contributed by atoms with Gasteiger partial charge in [0.25, 0.3) is 6.26 Å². The van der Waals surface area contributed by atoms with E-state index in [4.69, 9.17) is 16.9 Å². The molecule has 2 nitrogen and oxygen atoms in total. The number of hydrogen-bond donors (Lipinski definition) is 0. The third kappa shape index (κ3) is 2.41. The van der Waals surface area contributed by atoms with Crippen molar-refractivity contribution in [3.8, 4) is 23.1 Å². The summed E-state index contributed by atoms with van der Waals surface area (Å²) in [7, 11) is 0. The van der Waals surface area contributed by atoms with E-state index >= 15 is 0 Å². The molecular formula is C13H6ClF2NO. The molecule has 0 aliphatic heterocycles. The first-order valence-corrected chi connectivity index (χ1v) is 5.30. The van der Waals surface area contributed by atoms with Gasteiger partial charge in [0, 0.05) is 16.7 Å². The van der Waals surface area contributed by atoms with Crippen molar-refractivity contribution < 1.29 is 13.5 Å². The molecule has 2 rings (SSSR count). The zero-order valence-electron chi connectivity index (χ0n) is 8.95. The van der Waals surface area contributed by atoms with Crippen molar-refractivity contribution in [3.05, 3.63) is 53.1 Å². The number of nitrogens with zero attached hydrogens (tertiary/aromatic N) is 1. The van der Waals surface area contributed by atoms with Gasteiger partial charge in [0.15, 0.2) is 11.6 Å². The van der Waals surface area contributed by atoms with Gasteiger partial charge in [-0.05, 0) is 23.8 Å². The molecule has 0 saturated carbocycles. The molecule has 0 atom stereocenters. The average molecular weight is 266 g/mol. The van der Waals surface area contributed by atoms with Gasteiger partial charge in [0.1, 0.15) is 5.82 Å². The molecule has 0 aromatic heterocycles. The summed E-state index contributed by atoms with van der Waals surface area (Å²) in [6.45, 7) is 0. The molecule has 2 aromatic carbocycles. The number of nitriles is 1. The van der Waals surface area contributed by atoms with Gasteiger partial charge in [-0.15, -0.1) is 5.26 Å². The molecule has 0 heterocycles. The Balaban J connectivity index is 2.66. The fourth-order valence-electron chi connectivity index (χ4n) is 1.58. The number of rotatable bonds is 2. The fourth-order valence-corrected chi connectivity index (χ4v) is 1.77. The Morgan fingerprint density at radius 2 is 1.94 bits per heavy atom. The first-order chi connectivity index (χ1) is 8.61. The Kier molecular flexibility index (Phi) is 3.45. The van der Waals surface area contributed by atoms with E-state index in [1.165, 1.54) is 12.3 Å². The molecule has 0 radical (unpaired) electrons. The zero-order valence-corrected chi connectivity index (χ0v) is 9.71. The SMILES string of the molecule is N#COc1c(F)cc(F)cc1-c1cccc(Cl)c1. The molecule has 0 aliphatic rings. The molecule has 5 heteroatoms. The lowest BCUT2D eigenvalue weighted by molar-refractivity contribution is 0.457. The van der Waals surface area contributed by atoms with Crippen molar-refractivity contribution in [1.82, 2.24) is 0 Å². The summed E-state index contributed by atoms with van der Waals surface area (Å²) in [6, 6.07) is 8.15. The molecule has 0 aliphatic carbocycles. The third-order valence-corrected chi connectivity index (χ3v) is 2.53. The van der Waals surface area contributed by atoms with E-state index in [0.717, 1.165) is 6.07 Å². The number of benzene rings is 2. The normalized spacial score (nSPS) is 9.89. The Morgan fingerprint density at radius 1 is 1.17 bits per heavy atom. The van der Waals surface area contributed by atoms with E-state index in [-0.39, 0.29) is 11.3 Å². The molecule has 0 N–H and O–H groups in total. The largest absolute Gasteiger partial charge is 0.384 e. The van der Waals surface area contributed by atoms with Gasteiger partial charge >= 0.3 is 0 Å². The van der Waals surface area contributed by atoms with Crippen molar-refractivity contribution in [2.45, 2.75) is 0 Å². The maximum absolute atomic E-state index is 13.5.